The lowest BCUT2D eigenvalue weighted by atomic mass is 9.89. The lowest BCUT2D eigenvalue weighted by Gasteiger charge is -2.15. The van der Waals surface area contributed by atoms with Gasteiger partial charge in [-0.3, -0.25) is 14.5 Å². The van der Waals surface area contributed by atoms with Crippen LogP contribution in [0.2, 0.25) is 0 Å². The van der Waals surface area contributed by atoms with E-state index in [1.165, 1.54) is 0 Å². The van der Waals surface area contributed by atoms with Gasteiger partial charge in [0.15, 0.2) is 0 Å². The largest absolute Gasteiger partial charge is 0.372 e. The van der Waals surface area contributed by atoms with Crippen LogP contribution in [0, 0.1) is 0 Å². The Labute approximate surface area is 194 Å². The maximum atomic E-state index is 13.2. The molecule has 6 nitrogen and oxygen atoms in total. The second-order valence-electron chi connectivity index (χ2n) is 8.18. The molecule has 33 heavy (non-hydrogen) atoms. The van der Waals surface area contributed by atoms with Gasteiger partial charge in [-0.25, -0.2) is 0 Å². The second kappa shape index (κ2) is 9.71. The predicted octanol–water partition coefficient (Wildman–Crippen LogP) is 4.28. The molecule has 0 aliphatic carbocycles. The molecule has 0 bridgehead atoms. The average Bonchev–Trinajstić information content (AvgIpc) is 3.14. The number of fused-ring (bicyclic) bond motifs is 1. The van der Waals surface area contributed by atoms with Crippen molar-refractivity contribution in [1.82, 2.24) is 10.2 Å². The molecule has 0 atom stereocenters. The zero-order valence-electron chi connectivity index (χ0n) is 19.1. The van der Waals surface area contributed by atoms with Crippen molar-refractivity contribution in [2.75, 3.05) is 37.9 Å². The van der Waals surface area contributed by atoms with Gasteiger partial charge in [0, 0.05) is 34.6 Å². The van der Waals surface area contributed by atoms with Crippen LogP contribution in [-0.4, -0.2) is 44.0 Å². The van der Waals surface area contributed by atoms with E-state index in [2.05, 4.69) is 20.9 Å². The summed E-state index contributed by atoms with van der Waals surface area (Å²) in [6.45, 7) is 3.15. The Morgan fingerprint density at radius 2 is 1.58 bits per heavy atom. The molecule has 0 fully saturated rings. The fourth-order valence-electron chi connectivity index (χ4n) is 3.89. The van der Waals surface area contributed by atoms with Crippen molar-refractivity contribution < 1.29 is 9.59 Å². The first-order chi connectivity index (χ1) is 16.0. The Hall–Kier alpha value is -3.90. The van der Waals surface area contributed by atoms with Crippen LogP contribution in [-0.2, 0) is 4.79 Å². The Morgan fingerprint density at radius 3 is 2.24 bits per heavy atom. The van der Waals surface area contributed by atoms with Crippen LogP contribution in [0.25, 0.3) is 11.1 Å². The molecule has 1 aliphatic heterocycles. The minimum Gasteiger partial charge on any atom is -0.372 e. The van der Waals surface area contributed by atoms with E-state index in [1.54, 1.807) is 12.1 Å². The van der Waals surface area contributed by atoms with E-state index in [0.29, 0.717) is 23.4 Å². The van der Waals surface area contributed by atoms with E-state index in [-0.39, 0.29) is 11.8 Å². The van der Waals surface area contributed by atoms with Gasteiger partial charge in [-0.1, -0.05) is 48.5 Å². The van der Waals surface area contributed by atoms with Gasteiger partial charge in [0.2, 0.25) is 0 Å². The molecule has 3 aromatic carbocycles. The van der Waals surface area contributed by atoms with Crippen LogP contribution in [0.15, 0.2) is 72.8 Å². The molecule has 4 rings (SSSR count). The van der Waals surface area contributed by atoms with Crippen LogP contribution >= 0.6 is 0 Å². The van der Waals surface area contributed by atoms with Crippen LogP contribution in [0.3, 0.4) is 0 Å². The number of benzene rings is 3. The summed E-state index contributed by atoms with van der Waals surface area (Å²) in [6.07, 6.45) is 0. The molecule has 2 amide bonds. The van der Waals surface area contributed by atoms with E-state index in [0.717, 1.165) is 34.6 Å². The zero-order valence-corrected chi connectivity index (χ0v) is 19.1. The highest BCUT2D eigenvalue weighted by Crippen LogP contribution is 2.40. The Bertz CT molecular complexity index is 1200. The molecule has 0 saturated heterocycles. The van der Waals surface area contributed by atoms with Crippen molar-refractivity contribution in [3.05, 3.63) is 95.1 Å². The van der Waals surface area contributed by atoms with Crippen molar-refractivity contribution >= 4 is 34.3 Å². The predicted molar refractivity (Wildman–Crippen MR) is 134 cm³/mol. The van der Waals surface area contributed by atoms with Crippen LogP contribution in [0.4, 0.5) is 11.4 Å². The van der Waals surface area contributed by atoms with Crippen LogP contribution in [0.1, 0.15) is 34.0 Å². The lowest BCUT2D eigenvalue weighted by molar-refractivity contribution is -0.110. The van der Waals surface area contributed by atoms with Crippen molar-refractivity contribution in [2.45, 2.75) is 6.92 Å². The standard InChI is InChI=1S/C27H28N4O2/c1-4-28-26(32)20-12-15-22-23(16-20)30-27(33)25(22)24(18-8-6-5-7-9-18)19-10-13-21(14-11-19)29-17-31(2)3/h5-16,29H,4,17H2,1-3H3,(H,28,32)(H,30,33)/b25-24-. The molecule has 0 unspecified atom stereocenters. The number of hydrogen-bond donors (Lipinski definition) is 3. The van der Waals surface area contributed by atoms with E-state index in [4.69, 9.17) is 0 Å². The minimum atomic E-state index is -0.174. The van der Waals surface area contributed by atoms with Crippen molar-refractivity contribution in [1.29, 1.82) is 0 Å². The monoisotopic (exact) mass is 440 g/mol. The lowest BCUT2D eigenvalue weighted by Crippen LogP contribution is -2.22. The maximum absolute atomic E-state index is 13.2. The maximum Gasteiger partial charge on any atom is 0.257 e. The van der Waals surface area contributed by atoms with Crippen LogP contribution < -0.4 is 16.0 Å². The van der Waals surface area contributed by atoms with Gasteiger partial charge in [-0.05, 0) is 56.4 Å². The minimum absolute atomic E-state index is 0.156. The molecule has 1 aliphatic rings. The first-order valence-corrected chi connectivity index (χ1v) is 11.0. The molecule has 0 spiro atoms. The van der Waals surface area contributed by atoms with Crippen LogP contribution in [0.5, 0.6) is 0 Å². The summed E-state index contributed by atoms with van der Waals surface area (Å²) in [4.78, 5) is 27.5. The Balaban J connectivity index is 1.81. The van der Waals surface area contributed by atoms with Gasteiger partial charge in [0.1, 0.15) is 0 Å². The van der Waals surface area contributed by atoms with Gasteiger partial charge < -0.3 is 16.0 Å². The van der Waals surface area contributed by atoms with Crippen molar-refractivity contribution in [3.63, 3.8) is 0 Å². The highest BCUT2D eigenvalue weighted by Gasteiger charge is 2.29. The number of hydrogen-bond acceptors (Lipinski definition) is 4. The second-order valence-corrected chi connectivity index (χ2v) is 8.18. The summed E-state index contributed by atoms with van der Waals surface area (Å²) < 4.78 is 0. The number of carbonyl (C=O) groups is 2. The third-order valence-corrected chi connectivity index (χ3v) is 5.45. The number of nitrogens with one attached hydrogen (secondary N) is 3. The smallest absolute Gasteiger partial charge is 0.257 e. The topological polar surface area (TPSA) is 73.5 Å². The van der Waals surface area contributed by atoms with Gasteiger partial charge in [-0.15, -0.1) is 0 Å². The first-order valence-electron chi connectivity index (χ1n) is 11.0. The molecule has 3 aromatic rings. The molecular weight excluding hydrogens is 412 g/mol. The number of anilines is 2. The summed E-state index contributed by atoms with van der Waals surface area (Å²) in [7, 11) is 4.01. The molecule has 1 heterocycles. The summed E-state index contributed by atoms with van der Waals surface area (Å²) in [5.74, 6) is -0.331. The van der Waals surface area contributed by atoms with E-state index in [9.17, 15) is 9.59 Å². The molecular formula is C27H28N4O2. The third kappa shape index (κ3) is 4.81. The molecule has 168 valence electrons. The summed E-state index contributed by atoms with van der Waals surface area (Å²) in [5.41, 5.74) is 6.34. The number of rotatable bonds is 7. The number of nitrogens with zero attached hydrogens (tertiary/aromatic N) is 1. The van der Waals surface area contributed by atoms with Gasteiger partial charge in [0.25, 0.3) is 11.8 Å². The quantitative estimate of drug-likeness (QED) is 0.379. The fourth-order valence-corrected chi connectivity index (χ4v) is 3.89. The van der Waals surface area contributed by atoms with Crippen molar-refractivity contribution in [3.8, 4) is 0 Å². The Kier molecular flexibility index (Phi) is 6.56. The van der Waals surface area contributed by atoms with Gasteiger partial charge >= 0.3 is 0 Å². The molecule has 6 heteroatoms. The van der Waals surface area contributed by atoms with Gasteiger partial charge in [0.05, 0.1) is 12.2 Å². The normalized spacial score (nSPS) is 14.0. The summed E-state index contributed by atoms with van der Waals surface area (Å²) in [5, 5.41) is 9.12. The molecule has 0 saturated carbocycles. The van der Waals surface area contributed by atoms with E-state index in [1.807, 2.05) is 81.7 Å². The molecule has 0 aromatic heterocycles. The van der Waals surface area contributed by atoms with E-state index < -0.39 is 0 Å². The van der Waals surface area contributed by atoms with E-state index >= 15 is 0 Å². The average molecular weight is 441 g/mol. The SMILES string of the molecule is CCNC(=O)c1ccc2c(c1)NC(=O)/C2=C(/c1ccccc1)c1ccc(NCN(C)C)cc1. The first kappa shape index (κ1) is 22.3. The highest BCUT2D eigenvalue weighted by molar-refractivity contribution is 6.38. The summed E-state index contributed by atoms with van der Waals surface area (Å²) >= 11 is 0. The number of amides is 2. The van der Waals surface area contributed by atoms with Crippen molar-refractivity contribution in [2.24, 2.45) is 0 Å². The molecule has 3 N–H and O–H groups in total. The third-order valence-electron chi connectivity index (χ3n) is 5.45. The zero-order chi connectivity index (χ0) is 23.4. The Morgan fingerprint density at radius 1 is 0.909 bits per heavy atom. The summed E-state index contributed by atoms with van der Waals surface area (Å²) in [6, 6.07) is 23.4. The fraction of sp³-hybridized carbons (Fsp3) is 0.185. The number of carbonyl (C=O) groups excluding carboxylic acids is 2. The molecule has 0 radical (unpaired) electrons. The van der Waals surface area contributed by atoms with Gasteiger partial charge in [-0.2, -0.15) is 0 Å². The highest BCUT2D eigenvalue weighted by atomic mass is 16.2.